The van der Waals surface area contributed by atoms with Crippen molar-refractivity contribution < 1.29 is 9.59 Å². The van der Waals surface area contributed by atoms with Gasteiger partial charge in [-0.2, -0.15) is 5.10 Å². The Morgan fingerprint density at radius 1 is 1.27 bits per heavy atom. The van der Waals surface area contributed by atoms with Crippen molar-refractivity contribution in [1.29, 1.82) is 0 Å². The van der Waals surface area contributed by atoms with Crippen molar-refractivity contribution >= 4 is 23.4 Å². The number of nitrogens with one attached hydrogen (secondary N) is 2. The minimum absolute atomic E-state index is 0.126. The van der Waals surface area contributed by atoms with Gasteiger partial charge in [0.05, 0.1) is 23.1 Å². The molecule has 2 amide bonds. The minimum Gasteiger partial charge on any atom is -0.355 e. The predicted molar refractivity (Wildman–Crippen MR) is 84.3 cm³/mol. The first kappa shape index (κ1) is 16.0. The number of benzene rings is 1. The van der Waals surface area contributed by atoms with E-state index in [0.29, 0.717) is 23.7 Å². The van der Waals surface area contributed by atoms with Crippen LogP contribution in [0.4, 0.5) is 0 Å². The lowest BCUT2D eigenvalue weighted by molar-refractivity contribution is -0.118. The van der Waals surface area contributed by atoms with Gasteiger partial charge in [0.15, 0.2) is 0 Å². The van der Waals surface area contributed by atoms with Crippen LogP contribution in [0.2, 0.25) is 5.02 Å². The molecule has 0 aliphatic rings. The number of rotatable bonds is 5. The van der Waals surface area contributed by atoms with Gasteiger partial charge in [-0.1, -0.05) is 17.7 Å². The smallest absolute Gasteiger partial charge is 0.254 e. The van der Waals surface area contributed by atoms with E-state index in [1.165, 1.54) is 13.1 Å². The summed E-state index contributed by atoms with van der Waals surface area (Å²) >= 11 is 5.97. The molecule has 0 radical (unpaired) electrons. The third kappa shape index (κ3) is 3.85. The highest BCUT2D eigenvalue weighted by Gasteiger charge is 2.14. The lowest BCUT2D eigenvalue weighted by Gasteiger charge is -2.07. The topological polar surface area (TPSA) is 76.0 Å². The second-order valence-electron chi connectivity index (χ2n) is 4.77. The molecule has 0 aliphatic heterocycles. The quantitative estimate of drug-likeness (QED) is 0.823. The van der Waals surface area contributed by atoms with Crippen LogP contribution in [0.15, 0.2) is 30.5 Å². The number of halogens is 1. The van der Waals surface area contributed by atoms with Crippen LogP contribution in [0.1, 0.15) is 23.0 Å². The van der Waals surface area contributed by atoms with Crippen LogP contribution in [0.3, 0.4) is 0 Å². The van der Waals surface area contributed by atoms with Crippen molar-refractivity contribution in [3.63, 3.8) is 0 Å². The lowest BCUT2D eigenvalue weighted by Crippen LogP contribution is -2.33. The number of carbonyl (C=O) groups is 2. The molecule has 0 saturated carbocycles. The number of hydrogen-bond donors (Lipinski definition) is 2. The minimum atomic E-state index is -0.226. The average Bonchev–Trinajstić information content (AvgIpc) is 2.85. The Hall–Kier alpha value is -2.34. The Morgan fingerprint density at radius 3 is 2.68 bits per heavy atom. The molecule has 7 heteroatoms. The zero-order valence-corrected chi connectivity index (χ0v) is 13.1. The summed E-state index contributed by atoms with van der Waals surface area (Å²) < 4.78 is 1.66. The SMILES string of the molecule is CC(=O)NCCNC(=O)c1cnn(-c2cccc(Cl)c2)c1C. The first-order valence-electron chi connectivity index (χ1n) is 6.82. The molecule has 0 fully saturated rings. The van der Waals surface area contributed by atoms with Gasteiger partial charge in [-0.15, -0.1) is 0 Å². The average molecular weight is 321 g/mol. The third-order valence-electron chi connectivity index (χ3n) is 3.09. The summed E-state index contributed by atoms with van der Waals surface area (Å²) in [4.78, 5) is 22.9. The zero-order chi connectivity index (χ0) is 16.1. The molecule has 1 aromatic heterocycles. The predicted octanol–water partition coefficient (Wildman–Crippen LogP) is 1.70. The highest BCUT2D eigenvalue weighted by Crippen LogP contribution is 2.17. The van der Waals surface area contributed by atoms with Crippen molar-refractivity contribution in [2.75, 3.05) is 13.1 Å². The Labute approximate surface area is 133 Å². The van der Waals surface area contributed by atoms with E-state index in [1.54, 1.807) is 16.8 Å². The van der Waals surface area contributed by atoms with Gasteiger partial charge in [0.25, 0.3) is 5.91 Å². The zero-order valence-electron chi connectivity index (χ0n) is 12.4. The summed E-state index contributed by atoms with van der Waals surface area (Å²) in [7, 11) is 0. The first-order valence-corrected chi connectivity index (χ1v) is 7.20. The molecule has 0 saturated heterocycles. The maximum atomic E-state index is 12.1. The molecular formula is C15H17ClN4O2. The summed E-state index contributed by atoms with van der Waals surface area (Å²) in [5.41, 5.74) is 2.00. The molecule has 0 bridgehead atoms. The number of nitrogens with zero attached hydrogens (tertiary/aromatic N) is 2. The van der Waals surface area contributed by atoms with Gasteiger partial charge in [0.2, 0.25) is 5.91 Å². The number of carbonyl (C=O) groups excluding carboxylic acids is 2. The van der Waals surface area contributed by atoms with Gasteiger partial charge < -0.3 is 10.6 Å². The number of hydrogen-bond acceptors (Lipinski definition) is 3. The van der Waals surface area contributed by atoms with Crippen LogP contribution < -0.4 is 10.6 Å². The van der Waals surface area contributed by atoms with E-state index in [-0.39, 0.29) is 11.8 Å². The summed E-state index contributed by atoms with van der Waals surface area (Å²) in [6, 6.07) is 7.25. The van der Waals surface area contributed by atoms with Crippen LogP contribution in [0, 0.1) is 6.92 Å². The summed E-state index contributed by atoms with van der Waals surface area (Å²) in [5, 5.41) is 10.2. The molecule has 22 heavy (non-hydrogen) atoms. The molecule has 2 aromatic rings. The van der Waals surface area contributed by atoms with Crippen LogP contribution in [0.5, 0.6) is 0 Å². The summed E-state index contributed by atoms with van der Waals surface area (Å²) in [6.45, 7) is 4.00. The van der Waals surface area contributed by atoms with Gasteiger partial charge in [0, 0.05) is 25.0 Å². The summed E-state index contributed by atoms with van der Waals surface area (Å²) in [6.07, 6.45) is 1.52. The van der Waals surface area contributed by atoms with Gasteiger partial charge in [-0.25, -0.2) is 4.68 Å². The van der Waals surface area contributed by atoms with Crippen molar-refractivity contribution in [2.24, 2.45) is 0 Å². The second-order valence-corrected chi connectivity index (χ2v) is 5.21. The molecule has 2 rings (SSSR count). The maximum Gasteiger partial charge on any atom is 0.254 e. The Kier molecular flexibility index (Phi) is 5.16. The summed E-state index contributed by atoms with van der Waals surface area (Å²) in [5.74, 6) is -0.352. The molecule has 116 valence electrons. The fraction of sp³-hybridized carbons (Fsp3) is 0.267. The number of amides is 2. The van der Waals surface area contributed by atoms with Crippen LogP contribution >= 0.6 is 11.6 Å². The van der Waals surface area contributed by atoms with E-state index >= 15 is 0 Å². The molecule has 0 spiro atoms. The maximum absolute atomic E-state index is 12.1. The van der Waals surface area contributed by atoms with Crippen LogP contribution in [0.25, 0.3) is 5.69 Å². The van der Waals surface area contributed by atoms with E-state index in [2.05, 4.69) is 15.7 Å². The molecule has 1 heterocycles. The monoisotopic (exact) mass is 320 g/mol. The molecule has 1 aromatic carbocycles. The van der Waals surface area contributed by atoms with Gasteiger partial charge in [-0.3, -0.25) is 9.59 Å². The van der Waals surface area contributed by atoms with Gasteiger partial charge in [-0.05, 0) is 25.1 Å². The highest BCUT2D eigenvalue weighted by molar-refractivity contribution is 6.30. The van der Waals surface area contributed by atoms with E-state index in [1.807, 2.05) is 19.1 Å². The van der Waals surface area contributed by atoms with E-state index in [9.17, 15) is 9.59 Å². The van der Waals surface area contributed by atoms with Crippen molar-refractivity contribution in [2.45, 2.75) is 13.8 Å². The van der Waals surface area contributed by atoms with E-state index < -0.39 is 0 Å². The van der Waals surface area contributed by atoms with Crippen molar-refractivity contribution in [3.05, 3.63) is 46.7 Å². The largest absolute Gasteiger partial charge is 0.355 e. The molecule has 0 unspecified atom stereocenters. The van der Waals surface area contributed by atoms with Crippen LogP contribution in [-0.2, 0) is 4.79 Å². The second kappa shape index (κ2) is 7.09. The van der Waals surface area contributed by atoms with Crippen molar-refractivity contribution in [3.8, 4) is 5.69 Å². The molecule has 2 N–H and O–H groups in total. The Balaban J connectivity index is 2.07. The normalized spacial score (nSPS) is 10.3. The van der Waals surface area contributed by atoms with Gasteiger partial charge in [0.1, 0.15) is 0 Å². The standard InChI is InChI=1S/C15H17ClN4O2/c1-10-14(15(22)18-7-6-17-11(2)21)9-19-20(10)13-5-3-4-12(16)8-13/h3-5,8-9H,6-7H2,1-2H3,(H,17,21)(H,18,22). The molecular weight excluding hydrogens is 304 g/mol. The molecule has 6 nitrogen and oxygen atoms in total. The van der Waals surface area contributed by atoms with Gasteiger partial charge >= 0.3 is 0 Å². The van der Waals surface area contributed by atoms with E-state index in [4.69, 9.17) is 11.6 Å². The molecule has 0 aliphatic carbocycles. The number of aromatic nitrogens is 2. The Morgan fingerprint density at radius 2 is 2.00 bits per heavy atom. The third-order valence-corrected chi connectivity index (χ3v) is 3.33. The lowest BCUT2D eigenvalue weighted by atomic mass is 10.2. The first-order chi connectivity index (χ1) is 10.5. The highest BCUT2D eigenvalue weighted by atomic mass is 35.5. The fourth-order valence-corrected chi connectivity index (χ4v) is 2.20. The fourth-order valence-electron chi connectivity index (χ4n) is 2.01. The van der Waals surface area contributed by atoms with Crippen LogP contribution in [-0.4, -0.2) is 34.7 Å². The Bertz CT molecular complexity index is 697. The van der Waals surface area contributed by atoms with E-state index in [0.717, 1.165) is 11.4 Å². The van der Waals surface area contributed by atoms with Crippen molar-refractivity contribution in [1.82, 2.24) is 20.4 Å². The molecule has 0 atom stereocenters.